The van der Waals surface area contributed by atoms with E-state index in [9.17, 15) is 4.79 Å². The highest BCUT2D eigenvalue weighted by molar-refractivity contribution is 7.99. The molecule has 0 fully saturated rings. The molecule has 2 heteroatoms. The van der Waals surface area contributed by atoms with E-state index in [0.717, 1.165) is 12.7 Å². The van der Waals surface area contributed by atoms with Crippen LogP contribution in [0.1, 0.15) is 26.2 Å². The molecule has 0 amide bonds. The summed E-state index contributed by atoms with van der Waals surface area (Å²) in [5.41, 5.74) is 0. The van der Waals surface area contributed by atoms with Crippen LogP contribution in [0.25, 0.3) is 0 Å². The van der Waals surface area contributed by atoms with Crippen molar-refractivity contribution in [2.75, 3.05) is 6.26 Å². The van der Waals surface area contributed by atoms with Gasteiger partial charge in [-0.15, -0.1) is 0 Å². The highest BCUT2D eigenvalue weighted by Gasteiger charge is 2.02. The zero-order valence-corrected chi connectivity index (χ0v) is 6.91. The fourth-order valence-electron chi connectivity index (χ4n) is 0.761. The molecule has 0 aliphatic rings. The Morgan fingerprint density at radius 3 is 2.67 bits per heavy atom. The van der Waals surface area contributed by atoms with Gasteiger partial charge in [0.1, 0.15) is 6.29 Å². The number of hydrogen-bond acceptors (Lipinski definition) is 2. The van der Waals surface area contributed by atoms with Crippen molar-refractivity contribution >= 4 is 18.0 Å². The largest absolute Gasteiger partial charge is 0.303 e. The molecule has 0 aromatic carbocycles. The third-order valence-electron chi connectivity index (χ3n) is 1.30. The zero-order valence-electron chi connectivity index (χ0n) is 6.09. The number of carbonyl (C=O) groups is 1. The van der Waals surface area contributed by atoms with Crippen molar-refractivity contribution in [2.24, 2.45) is 0 Å². The topological polar surface area (TPSA) is 17.1 Å². The smallest absolute Gasteiger partial charge is 0.121 e. The highest BCUT2D eigenvalue weighted by Crippen LogP contribution is 2.14. The van der Waals surface area contributed by atoms with E-state index >= 15 is 0 Å². The quantitative estimate of drug-likeness (QED) is 0.552. The van der Waals surface area contributed by atoms with E-state index in [4.69, 9.17) is 0 Å². The Labute approximate surface area is 61.2 Å². The van der Waals surface area contributed by atoms with Gasteiger partial charge in [-0.05, 0) is 12.7 Å². The van der Waals surface area contributed by atoms with Gasteiger partial charge in [0.15, 0.2) is 0 Å². The minimum atomic E-state index is 0.562. The Morgan fingerprint density at radius 2 is 2.33 bits per heavy atom. The molecule has 0 rings (SSSR count). The number of thioether (sulfide) groups is 1. The van der Waals surface area contributed by atoms with Crippen molar-refractivity contribution in [3.63, 3.8) is 0 Å². The minimum Gasteiger partial charge on any atom is -0.303 e. The second kappa shape index (κ2) is 6.14. The third kappa shape index (κ3) is 4.52. The Balaban J connectivity index is 3.28. The van der Waals surface area contributed by atoms with Crippen LogP contribution >= 0.6 is 11.8 Å². The lowest BCUT2D eigenvalue weighted by atomic mass is 10.2. The van der Waals surface area contributed by atoms with Crippen LogP contribution in [0.15, 0.2) is 0 Å². The predicted molar refractivity (Wildman–Crippen MR) is 42.9 cm³/mol. The molecule has 1 atom stereocenters. The molecule has 0 aromatic heterocycles. The summed E-state index contributed by atoms with van der Waals surface area (Å²) in [6.07, 6.45) is 6.13. The Hall–Kier alpha value is 0.0200. The molecule has 0 saturated carbocycles. The maximum absolute atomic E-state index is 10.0. The van der Waals surface area contributed by atoms with Crippen LogP contribution in [0.3, 0.4) is 0 Å². The number of rotatable bonds is 5. The van der Waals surface area contributed by atoms with Crippen LogP contribution in [0.2, 0.25) is 0 Å². The first-order chi connectivity index (χ1) is 4.35. The summed E-state index contributed by atoms with van der Waals surface area (Å²) < 4.78 is 0. The van der Waals surface area contributed by atoms with Crippen LogP contribution < -0.4 is 0 Å². The van der Waals surface area contributed by atoms with Crippen LogP contribution in [0, 0.1) is 0 Å². The van der Waals surface area contributed by atoms with Crippen molar-refractivity contribution in [3.8, 4) is 0 Å². The van der Waals surface area contributed by atoms with Gasteiger partial charge in [0, 0.05) is 11.7 Å². The fourth-order valence-corrected chi connectivity index (χ4v) is 1.50. The molecular weight excluding hydrogens is 132 g/mol. The summed E-state index contributed by atoms with van der Waals surface area (Å²) in [5.74, 6) is 0. The van der Waals surface area contributed by atoms with E-state index < -0.39 is 0 Å². The molecule has 1 unspecified atom stereocenters. The van der Waals surface area contributed by atoms with Gasteiger partial charge < -0.3 is 4.79 Å². The molecule has 0 saturated heterocycles. The Morgan fingerprint density at radius 1 is 1.67 bits per heavy atom. The van der Waals surface area contributed by atoms with Gasteiger partial charge in [-0.25, -0.2) is 0 Å². The number of hydrogen-bond donors (Lipinski definition) is 0. The van der Waals surface area contributed by atoms with Gasteiger partial charge in [-0.3, -0.25) is 0 Å². The third-order valence-corrected chi connectivity index (χ3v) is 2.40. The van der Waals surface area contributed by atoms with Crippen LogP contribution in [-0.2, 0) is 4.79 Å². The van der Waals surface area contributed by atoms with Crippen molar-refractivity contribution in [2.45, 2.75) is 31.4 Å². The summed E-state index contributed by atoms with van der Waals surface area (Å²) in [4.78, 5) is 10.0. The lowest BCUT2D eigenvalue weighted by Crippen LogP contribution is -2.01. The van der Waals surface area contributed by atoms with Gasteiger partial charge in [-0.1, -0.05) is 13.3 Å². The molecule has 9 heavy (non-hydrogen) atoms. The minimum absolute atomic E-state index is 0.562. The first-order valence-electron chi connectivity index (χ1n) is 3.31. The molecule has 0 radical (unpaired) electrons. The van der Waals surface area contributed by atoms with Gasteiger partial charge >= 0.3 is 0 Å². The standard InChI is InChI=1S/C7H14OS/c1-3-4-7(9-2)5-6-8/h6-7H,3-5H2,1-2H3. The number of aldehydes is 1. The lowest BCUT2D eigenvalue weighted by Gasteiger charge is -2.07. The van der Waals surface area contributed by atoms with Crippen molar-refractivity contribution in [3.05, 3.63) is 0 Å². The molecular formula is C7H14OS. The summed E-state index contributed by atoms with van der Waals surface area (Å²) >= 11 is 1.79. The second-order valence-electron chi connectivity index (χ2n) is 2.05. The van der Waals surface area contributed by atoms with Crippen LogP contribution in [0.5, 0.6) is 0 Å². The maximum atomic E-state index is 10.0. The fraction of sp³-hybridized carbons (Fsp3) is 0.857. The van der Waals surface area contributed by atoms with Crippen LogP contribution in [-0.4, -0.2) is 17.8 Å². The van der Waals surface area contributed by atoms with Gasteiger partial charge in [0.25, 0.3) is 0 Å². The van der Waals surface area contributed by atoms with Crippen molar-refractivity contribution < 1.29 is 4.79 Å². The van der Waals surface area contributed by atoms with Crippen molar-refractivity contribution in [1.29, 1.82) is 0 Å². The first kappa shape index (κ1) is 9.02. The van der Waals surface area contributed by atoms with Gasteiger partial charge in [0.2, 0.25) is 0 Å². The summed E-state index contributed by atoms with van der Waals surface area (Å²) in [6, 6.07) is 0. The molecule has 1 nitrogen and oxygen atoms in total. The van der Waals surface area contributed by atoms with E-state index in [0.29, 0.717) is 5.25 Å². The first-order valence-corrected chi connectivity index (χ1v) is 4.60. The summed E-state index contributed by atoms with van der Waals surface area (Å²) in [7, 11) is 0. The molecule has 54 valence electrons. The Kier molecular flexibility index (Phi) is 6.16. The van der Waals surface area contributed by atoms with Crippen LogP contribution in [0.4, 0.5) is 0 Å². The van der Waals surface area contributed by atoms with E-state index in [-0.39, 0.29) is 0 Å². The normalized spacial score (nSPS) is 13.1. The van der Waals surface area contributed by atoms with E-state index in [1.165, 1.54) is 12.8 Å². The summed E-state index contributed by atoms with van der Waals surface area (Å²) in [5, 5.41) is 0.562. The molecule has 0 bridgehead atoms. The molecule has 0 heterocycles. The van der Waals surface area contributed by atoms with E-state index in [1.54, 1.807) is 11.8 Å². The highest BCUT2D eigenvalue weighted by atomic mass is 32.2. The van der Waals surface area contributed by atoms with E-state index in [1.807, 2.05) is 0 Å². The molecule has 0 aliphatic carbocycles. The maximum Gasteiger partial charge on any atom is 0.121 e. The second-order valence-corrected chi connectivity index (χ2v) is 3.19. The van der Waals surface area contributed by atoms with E-state index in [2.05, 4.69) is 13.2 Å². The zero-order chi connectivity index (χ0) is 7.11. The summed E-state index contributed by atoms with van der Waals surface area (Å²) in [6.45, 7) is 2.15. The molecule has 0 spiro atoms. The van der Waals surface area contributed by atoms with Gasteiger partial charge in [0.05, 0.1) is 0 Å². The predicted octanol–water partition coefficient (Wildman–Crippen LogP) is 2.11. The number of carbonyl (C=O) groups excluding carboxylic acids is 1. The molecule has 0 aromatic rings. The Bertz CT molecular complexity index is 73.3. The SMILES string of the molecule is CCCC(CC=O)SC. The lowest BCUT2D eigenvalue weighted by molar-refractivity contribution is -0.107. The van der Waals surface area contributed by atoms with Crippen molar-refractivity contribution in [1.82, 2.24) is 0 Å². The average Bonchev–Trinajstić information content (AvgIpc) is 1.88. The van der Waals surface area contributed by atoms with Gasteiger partial charge in [-0.2, -0.15) is 11.8 Å². The monoisotopic (exact) mass is 146 g/mol. The molecule has 0 N–H and O–H groups in total. The average molecular weight is 146 g/mol. The molecule has 0 aliphatic heterocycles.